The summed E-state index contributed by atoms with van der Waals surface area (Å²) in [6.07, 6.45) is -3.45. The van der Waals surface area contributed by atoms with Crippen LogP contribution >= 0.6 is 0 Å². The van der Waals surface area contributed by atoms with Gasteiger partial charge in [-0.3, -0.25) is 4.79 Å². The quantitative estimate of drug-likeness (QED) is 0.773. The molecule has 2 rings (SSSR count). The number of para-hydroxylation sites is 1. The molecule has 0 saturated heterocycles. The number of carbonyl (C=O) groups is 1. The average molecular weight is 351 g/mol. The van der Waals surface area contributed by atoms with Gasteiger partial charge in [-0.25, -0.2) is 0 Å². The standard InChI is InChI=1S/C19H20F3NO2/c1-3-13(2)16-6-4-5-7-17(16)23-18(24)12-25-15-10-8-14(9-11-15)19(20,21)22/h4-11,13H,3,12H2,1-2H3,(H,23,24)/t13-/m1/s1. The van der Waals surface area contributed by atoms with E-state index in [0.29, 0.717) is 5.92 Å². The van der Waals surface area contributed by atoms with Crippen LogP contribution in [0, 0.1) is 0 Å². The molecule has 0 bridgehead atoms. The molecular weight excluding hydrogens is 331 g/mol. The highest BCUT2D eigenvalue weighted by atomic mass is 19.4. The molecule has 25 heavy (non-hydrogen) atoms. The van der Waals surface area contributed by atoms with Crippen LogP contribution in [0.15, 0.2) is 48.5 Å². The minimum absolute atomic E-state index is 0.207. The van der Waals surface area contributed by atoms with Crippen LogP contribution in [0.2, 0.25) is 0 Å². The van der Waals surface area contributed by atoms with Crippen molar-refractivity contribution in [2.24, 2.45) is 0 Å². The summed E-state index contributed by atoms with van der Waals surface area (Å²) in [6, 6.07) is 11.8. The lowest BCUT2D eigenvalue weighted by Crippen LogP contribution is -2.21. The Morgan fingerprint density at radius 3 is 2.36 bits per heavy atom. The molecule has 1 atom stereocenters. The molecule has 0 aliphatic rings. The van der Waals surface area contributed by atoms with Gasteiger partial charge in [-0.1, -0.05) is 32.0 Å². The zero-order valence-corrected chi connectivity index (χ0v) is 14.1. The summed E-state index contributed by atoms with van der Waals surface area (Å²) in [6.45, 7) is 3.86. The first-order chi connectivity index (χ1) is 11.8. The first kappa shape index (κ1) is 18.8. The SMILES string of the molecule is CC[C@@H](C)c1ccccc1NC(=O)COc1ccc(C(F)(F)F)cc1. The van der Waals surface area contributed by atoms with Crippen LogP contribution in [0.5, 0.6) is 5.75 Å². The van der Waals surface area contributed by atoms with Gasteiger partial charge in [0.15, 0.2) is 6.61 Å². The van der Waals surface area contributed by atoms with Crippen LogP contribution in [-0.2, 0) is 11.0 Å². The molecule has 0 aromatic heterocycles. The number of ether oxygens (including phenoxy) is 1. The van der Waals surface area contributed by atoms with Crippen LogP contribution < -0.4 is 10.1 Å². The maximum atomic E-state index is 12.5. The molecule has 6 heteroatoms. The van der Waals surface area contributed by atoms with Gasteiger partial charge in [-0.05, 0) is 48.2 Å². The first-order valence-electron chi connectivity index (χ1n) is 8.00. The van der Waals surface area contributed by atoms with E-state index in [-0.39, 0.29) is 18.3 Å². The Labute approximate surface area is 144 Å². The first-order valence-corrected chi connectivity index (χ1v) is 8.00. The van der Waals surface area contributed by atoms with Crippen LogP contribution in [0.25, 0.3) is 0 Å². The summed E-state index contributed by atoms with van der Waals surface area (Å²) in [5.41, 5.74) is 0.998. The summed E-state index contributed by atoms with van der Waals surface area (Å²) in [7, 11) is 0. The molecule has 0 unspecified atom stereocenters. The number of hydrogen-bond donors (Lipinski definition) is 1. The fourth-order valence-corrected chi connectivity index (χ4v) is 2.34. The van der Waals surface area contributed by atoms with Gasteiger partial charge in [0.2, 0.25) is 0 Å². The molecule has 2 aromatic rings. The molecule has 0 heterocycles. The van der Waals surface area contributed by atoms with Crippen molar-refractivity contribution in [1.29, 1.82) is 0 Å². The molecule has 2 aromatic carbocycles. The van der Waals surface area contributed by atoms with E-state index >= 15 is 0 Å². The van der Waals surface area contributed by atoms with Gasteiger partial charge < -0.3 is 10.1 Å². The third kappa shape index (κ3) is 5.24. The summed E-state index contributed by atoms with van der Waals surface area (Å²) in [5.74, 6) is 0.140. The van der Waals surface area contributed by atoms with Gasteiger partial charge in [0.05, 0.1) is 5.56 Å². The fourth-order valence-electron chi connectivity index (χ4n) is 2.34. The number of anilines is 1. The van der Waals surface area contributed by atoms with E-state index < -0.39 is 11.7 Å². The average Bonchev–Trinajstić information content (AvgIpc) is 2.59. The molecule has 0 aliphatic carbocycles. The minimum atomic E-state index is -4.39. The van der Waals surface area contributed by atoms with Crippen molar-refractivity contribution in [1.82, 2.24) is 0 Å². The van der Waals surface area contributed by atoms with Gasteiger partial charge in [-0.2, -0.15) is 13.2 Å². The maximum absolute atomic E-state index is 12.5. The Kier molecular flexibility index (Phi) is 6.07. The smallest absolute Gasteiger partial charge is 0.416 e. The fraction of sp³-hybridized carbons (Fsp3) is 0.316. The highest BCUT2D eigenvalue weighted by Crippen LogP contribution is 2.30. The summed E-state index contributed by atoms with van der Waals surface area (Å²) < 4.78 is 42.8. The lowest BCUT2D eigenvalue weighted by Gasteiger charge is -2.16. The predicted octanol–water partition coefficient (Wildman–Crippen LogP) is 5.24. The van der Waals surface area contributed by atoms with E-state index in [1.165, 1.54) is 12.1 Å². The van der Waals surface area contributed by atoms with Gasteiger partial charge in [0, 0.05) is 5.69 Å². The Hall–Kier alpha value is -2.50. The number of benzene rings is 2. The number of nitrogens with one attached hydrogen (secondary N) is 1. The minimum Gasteiger partial charge on any atom is -0.484 e. The van der Waals surface area contributed by atoms with Crippen molar-refractivity contribution in [3.63, 3.8) is 0 Å². The maximum Gasteiger partial charge on any atom is 0.416 e. The van der Waals surface area contributed by atoms with Crippen molar-refractivity contribution < 1.29 is 22.7 Å². The number of alkyl halides is 3. The number of hydrogen-bond acceptors (Lipinski definition) is 2. The number of halogens is 3. The molecule has 0 fully saturated rings. The van der Waals surface area contributed by atoms with E-state index in [1.54, 1.807) is 0 Å². The monoisotopic (exact) mass is 351 g/mol. The second kappa shape index (κ2) is 8.05. The summed E-state index contributed by atoms with van der Waals surface area (Å²) in [4.78, 5) is 12.1. The van der Waals surface area contributed by atoms with Crippen molar-refractivity contribution in [3.8, 4) is 5.75 Å². The topological polar surface area (TPSA) is 38.3 Å². The van der Waals surface area contributed by atoms with Crippen molar-refractivity contribution >= 4 is 11.6 Å². The van der Waals surface area contributed by atoms with E-state index in [2.05, 4.69) is 19.2 Å². The molecule has 0 spiro atoms. The molecule has 0 radical (unpaired) electrons. The van der Waals surface area contributed by atoms with Gasteiger partial charge in [0.25, 0.3) is 5.91 Å². The van der Waals surface area contributed by atoms with Crippen molar-refractivity contribution in [2.75, 3.05) is 11.9 Å². The van der Waals surface area contributed by atoms with E-state index in [1.807, 2.05) is 24.3 Å². The van der Waals surface area contributed by atoms with Crippen LogP contribution in [0.1, 0.15) is 37.3 Å². The van der Waals surface area contributed by atoms with E-state index in [4.69, 9.17) is 4.74 Å². The summed E-state index contributed by atoms with van der Waals surface area (Å²) >= 11 is 0. The van der Waals surface area contributed by atoms with Crippen molar-refractivity contribution in [2.45, 2.75) is 32.4 Å². The Morgan fingerprint density at radius 2 is 1.76 bits per heavy atom. The highest BCUT2D eigenvalue weighted by molar-refractivity contribution is 5.92. The number of carbonyl (C=O) groups excluding carboxylic acids is 1. The molecule has 0 saturated carbocycles. The molecular formula is C19H20F3NO2. The van der Waals surface area contributed by atoms with E-state index in [9.17, 15) is 18.0 Å². The normalized spacial score (nSPS) is 12.5. The number of amides is 1. The van der Waals surface area contributed by atoms with Crippen LogP contribution in [0.3, 0.4) is 0 Å². The largest absolute Gasteiger partial charge is 0.484 e. The second-order valence-corrected chi connectivity index (χ2v) is 5.76. The van der Waals surface area contributed by atoms with E-state index in [0.717, 1.165) is 29.8 Å². The Balaban J connectivity index is 1.95. The highest BCUT2D eigenvalue weighted by Gasteiger charge is 2.30. The Morgan fingerprint density at radius 1 is 1.12 bits per heavy atom. The Bertz CT molecular complexity index is 711. The lowest BCUT2D eigenvalue weighted by molar-refractivity contribution is -0.137. The van der Waals surface area contributed by atoms with Crippen molar-refractivity contribution in [3.05, 3.63) is 59.7 Å². The van der Waals surface area contributed by atoms with Crippen LogP contribution in [-0.4, -0.2) is 12.5 Å². The van der Waals surface area contributed by atoms with Gasteiger partial charge in [0.1, 0.15) is 5.75 Å². The third-order valence-corrected chi connectivity index (χ3v) is 3.93. The number of rotatable bonds is 6. The summed E-state index contributed by atoms with van der Waals surface area (Å²) in [5, 5.41) is 2.79. The van der Waals surface area contributed by atoms with Gasteiger partial charge >= 0.3 is 6.18 Å². The van der Waals surface area contributed by atoms with Crippen LogP contribution in [0.4, 0.5) is 18.9 Å². The molecule has 3 nitrogen and oxygen atoms in total. The molecule has 1 N–H and O–H groups in total. The predicted molar refractivity (Wildman–Crippen MR) is 90.7 cm³/mol. The molecule has 134 valence electrons. The lowest BCUT2D eigenvalue weighted by atomic mass is 9.97. The molecule has 1 amide bonds. The van der Waals surface area contributed by atoms with Gasteiger partial charge in [-0.15, -0.1) is 0 Å². The zero-order chi connectivity index (χ0) is 18.4. The molecule has 0 aliphatic heterocycles. The zero-order valence-electron chi connectivity index (χ0n) is 14.1. The second-order valence-electron chi connectivity index (χ2n) is 5.76. The third-order valence-electron chi connectivity index (χ3n) is 3.93.